The van der Waals surface area contributed by atoms with E-state index in [1.807, 2.05) is 13.0 Å². The number of piperidine rings is 1. The van der Waals surface area contributed by atoms with Gasteiger partial charge in [0, 0.05) is 24.3 Å². The minimum atomic E-state index is -0.194. The number of hydrogen-bond acceptors (Lipinski definition) is 2. The van der Waals surface area contributed by atoms with Crippen molar-refractivity contribution < 1.29 is 4.39 Å². The van der Waals surface area contributed by atoms with Gasteiger partial charge in [0.1, 0.15) is 5.82 Å². The fourth-order valence-corrected chi connectivity index (χ4v) is 3.10. The van der Waals surface area contributed by atoms with Crippen LogP contribution < -0.4 is 10.6 Å². The molecule has 2 atom stereocenters. The van der Waals surface area contributed by atoms with Crippen LogP contribution in [-0.2, 0) is 0 Å². The van der Waals surface area contributed by atoms with E-state index in [-0.39, 0.29) is 11.9 Å². The molecule has 0 amide bonds. The molecule has 1 aromatic rings. The zero-order valence-electron chi connectivity index (χ0n) is 12.0. The Hall–Kier alpha value is -1.09. The lowest BCUT2D eigenvalue weighted by atomic mass is 9.95. The number of halogens is 1. The van der Waals surface area contributed by atoms with Gasteiger partial charge in [-0.2, -0.15) is 0 Å². The summed E-state index contributed by atoms with van der Waals surface area (Å²) < 4.78 is 13.4. The molecule has 19 heavy (non-hydrogen) atoms. The highest BCUT2D eigenvalue weighted by Crippen LogP contribution is 2.32. The molecule has 0 spiro atoms. The molecule has 0 aromatic heterocycles. The van der Waals surface area contributed by atoms with Crippen LogP contribution in [0.5, 0.6) is 0 Å². The predicted molar refractivity (Wildman–Crippen MR) is 78.9 cm³/mol. The van der Waals surface area contributed by atoms with Gasteiger partial charge in [0.15, 0.2) is 0 Å². The molecule has 2 nitrogen and oxygen atoms in total. The topological polar surface area (TPSA) is 29.3 Å². The fourth-order valence-electron chi connectivity index (χ4n) is 3.10. The van der Waals surface area contributed by atoms with E-state index < -0.39 is 0 Å². The summed E-state index contributed by atoms with van der Waals surface area (Å²) in [6.07, 6.45) is 6.15. The van der Waals surface area contributed by atoms with Crippen LogP contribution in [0.1, 0.15) is 57.6 Å². The van der Waals surface area contributed by atoms with Crippen molar-refractivity contribution in [3.05, 3.63) is 29.6 Å². The molecule has 0 saturated carbocycles. The highest BCUT2D eigenvalue weighted by Gasteiger charge is 2.24. The number of anilines is 1. The smallest absolute Gasteiger partial charge is 0.123 e. The lowest BCUT2D eigenvalue weighted by Crippen LogP contribution is -2.40. The standard InChI is InChI=1S/C16H25FN2/c1-3-6-14-7-4-5-10-19(14)16-9-8-13(17)11-15(16)12(2)18/h8-9,11-12,14H,3-7,10,18H2,1-2H3. The van der Waals surface area contributed by atoms with Crippen molar-refractivity contribution in [1.29, 1.82) is 0 Å². The van der Waals surface area contributed by atoms with Crippen molar-refractivity contribution in [3.8, 4) is 0 Å². The molecule has 1 fully saturated rings. The number of nitrogens with zero attached hydrogens (tertiary/aromatic N) is 1. The molecule has 1 saturated heterocycles. The van der Waals surface area contributed by atoms with Gasteiger partial charge in [0.2, 0.25) is 0 Å². The first-order valence-electron chi connectivity index (χ1n) is 7.45. The number of hydrogen-bond donors (Lipinski definition) is 1. The van der Waals surface area contributed by atoms with Gasteiger partial charge >= 0.3 is 0 Å². The quantitative estimate of drug-likeness (QED) is 0.890. The molecular formula is C16H25FN2. The van der Waals surface area contributed by atoms with Crippen LogP contribution in [0.4, 0.5) is 10.1 Å². The first-order valence-corrected chi connectivity index (χ1v) is 7.45. The molecule has 3 heteroatoms. The largest absolute Gasteiger partial charge is 0.368 e. The fraction of sp³-hybridized carbons (Fsp3) is 0.625. The van der Waals surface area contributed by atoms with E-state index in [1.54, 1.807) is 12.1 Å². The molecule has 1 aromatic carbocycles. The molecule has 2 unspecified atom stereocenters. The van der Waals surface area contributed by atoms with Crippen molar-refractivity contribution >= 4 is 5.69 Å². The summed E-state index contributed by atoms with van der Waals surface area (Å²) in [6, 6.07) is 5.51. The minimum absolute atomic E-state index is 0.130. The van der Waals surface area contributed by atoms with E-state index in [2.05, 4.69) is 11.8 Å². The third kappa shape index (κ3) is 3.27. The molecule has 1 aliphatic heterocycles. The van der Waals surface area contributed by atoms with Crippen molar-refractivity contribution in [2.75, 3.05) is 11.4 Å². The summed E-state index contributed by atoms with van der Waals surface area (Å²) in [7, 11) is 0. The Morgan fingerprint density at radius 1 is 1.42 bits per heavy atom. The average Bonchev–Trinajstić information content (AvgIpc) is 2.40. The Kier molecular flexibility index (Phi) is 4.81. The van der Waals surface area contributed by atoms with Gasteiger partial charge in [0.05, 0.1) is 0 Å². The van der Waals surface area contributed by atoms with Crippen LogP contribution in [0.2, 0.25) is 0 Å². The molecule has 2 rings (SSSR count). The van der Waals surface area contributed by atoms with Crippen molar-refractivity contribution in [3.63, 3.8) is 0 Å². The number of rotatable bonds is 4. The van der Waals surface area contributed by atoms with Crippen LogP contribution in [0, 0.1) is 5.82 Å². The van der Waals surface area contributed by atoms with E-state index in [0.717, 1.165) is 17.8 Å². The summed E-state index contributed by atoms with van der Waals surface area (Å²) in [5.41, 5.74) is 8.08. The monoisotopic (exact) mass is 264 g/mol. The first-order chi connectivity index (χ1) is 9.13. The molecule has 0 bridgehead atoms. The van der Waals surface area contributed by atoms with Gasteiger partial charge < -0.3 is 10.6 Å². The van der Waals surface area contributed by atoms with Crippen molar-refractivity contribution in [2.45, 2.75) is 58.0 Å². The summed E-state index contributed by atoms with van der Waals surface area (Å²) in [5, 5.41) is 0. The third-order valence-electron chi connectivity index (χ3n) is 4.04. The second kappa shape index (κ2) is 6.38. The predicted octanol–water partition coefficient (Wildman–Crippen LogP) is 4.00. The van der Waals surface area contributed by atoms with Crippen LogP contribution in [-0.4, -0.2) is 12.6 Å². The molecule has 1 aliphatic rings. The number of benzene rings is 1. The van der Waals surface area contributed by atoms with E-state index in [0.29, 0.717) is 6.04 Å². The van der Waals surface area contributed by atoms with Crippen molar-refractivity contribution in [2.24, 2.45) is 5.73 Å². The Morgan fingerprint density at radius 2 is 2.21 bits per heavy atom. The maximum absolute atomic E-state index is 13.4. The lowest BCUT2D eigenvalue weighted by molar-refractivity contribution is 0.433. The summed E-state index contributed by atoms with van der Waals surface area (Å²) in [6.45, 7) is 5.22. The molecular weight excluding hydrogens is 239 g/mol. The molecule has 1 heterocycles. The average molecular weight is 264 g/mol. The van der Waals surface area contributed by atoms with E-state index in [1.165, 1.54) is 32.1 Å². The van der Waals surface area contributed by atoms with Crippen molar-refractivity contribution in [1.82, 2.24) is 0 Å². The third-order valence-corrected chi connectivity index (χ3v) is 4.04. The Labute approximate surface area is 115 Å². The number of nitrogens with two attached hydrogens (primary N) is 1. The first kappa shape index (κ1) is 14.3. The van der Waals surface area contributed by atoms with Crippen LogP contribution in [0.3, 0.4) is 0 Å². The van der Waals surface area contributed by atoms with Gasteiger partial charge in [-0.3, -0.25) is 0 Å². The Bertz CT molecular complexity index is 415. The highest BCUT2D eigenvalue weighted by molar-refractivity contribution is 5.56. The van der Waals surface area contributed by atoms with E-state index in [9.17, 15) is 4.39 Å². The molecule has 0 radical (unpaired) electrons. The van der Waals surface area contributed by atoms with Gasteiger partial charge in [-0.25, -0.2) is 4.39 Å². The molecule has 0 aliphatic carbocycles. The van der Waals surface area contributed by atoms with Gasteiger partial charge in [-0.05, 0) is 56.4 Å². The summed E-state index contributed by atoms with van der Waals surface area (Å²) in [4.78, 5) is 2.45. The second-order valence-corrected chi connectivity index (χ2v) is 5.62. The molecule has 106 valence electrons. The lowest BCUT2D eigenvalue weighted by Gasteiger charge is -2.39. The summed E-state index contributed by atoms with van der Waals surface area (Å²) in [5.74, 6) is -0.194. The Morgan fingerprint density at radius 3 is 2.89 bits per heavy atom. The van der Waals surface area contributed by atoms with Gasteiger partial charge in [0.25, 0.3) is 0 Å². The van der Waals surface area contributed by atoms with Crippen LogP contribution in [0.25, 0.3) is 0 Å². The zero-order chi connectivity index (χ0) is 13.8. The van der Waals surface area contributed by atoms with Gasteiger partial charge in [-0.15, -0.1) is 0 Å². The van der Waals surface area contributed by atoms with Crippen LogP contribution >= 0.6 is 0 Å². The SMILES string of the molecule is CCCC1CCCCN1c1ccc(F)cc1C(C)N. The highest BCUT2D eigenvalue weighted by atomic mass is 19.1. The minimum Gasteiger partial charge on any atom is -0.368 e. The van der Waals surface area contributed by atoms with E-state index >= 15 is 0 Å². The van der Waals surface area contributed by atoms with Crippen LogP contribution in [0.15, 0.2) is 18.2 Å². The Balaban J connectivity index is 2.32. The maximum atomic E-state index is 13.4. The summed E-state index contributed by atoms with van der Waals surface area (Å²) >= 11 is 0. The van der Waals surface area contributed by atoms with Gasteiger partial charge in [-0.1, -0.05) is 13.3 Å². The zero-order valence-corrected chi connectivity index (χ0v) is 12.0. The second-order valence-electron chi connectivity index (χ2n) is 5.62. The normalized spacial score (nSPS) is 21.5. The maximum Gasteiger partial charge on any atom is 0.123 e. The van der Waals surface area contributed by atoms with E-state index in [4.69, 9.17) is 5.73 Å². The molecule has 2 N–H and O–H groups in total.